The van der Waals surface area contributed by atoms with Crippen molar-refractivity contribution >= 4 is 11.8 Å². The summed E-state index contributed by atoms with van der Waals surface area (Å²) in [7, 11) is 0. The molecule has 0 aromatic carbocycles. The molecule has 0 radical (unpaired) electrons. The molecular weight excluding hydrogens is 316 g/mol. The van der Waals surface area contributed by atoms with Gasteiger partial charge >= 0.3 is 0 Å². The molecule has 6 nitrogen and oxygen atoms in total. The van der Waals surface area contributed by atoms with E-state index in [-0.39, 0.29) is 17.2 Å². The molecule has 2 aliphatic rings. The van der Waals surface area contributed by atoms with Gasteiger partial charge in [0.2, 0.25) is 11.8 Å². The molecule has 2 amide bonds. The van der Waals surface area contributed by atoms with Crippen LogP contribution in [0.1, 0.15) is 57.7 Å². The molecule has 1 aromatic heterocycles. The lowest BCUT2D eigenvalue weighted by atomic mass is 10.1. The fraction of sp³-hybridized carbons (Fsp3) is 0.737. The topological polar surface area (TPSA) is 67.2 Å². The van der Waals surface area contributed by atoms with Crippen LogP contribution in [0.5, 0.6) is 0 Å². The minimum atomic E-state index is 0.0599. The first-order valence-corrected chi connectivity index (χ1v) is 9.66. The summed E-state index contributed by atoms with van der Waals surface area (Å²) >= 11 is 0. The van der Waals surface area contributed by atoms with Gasteiger partial charge in [-0.05, 0) is 25.7 Å². The van der Waals surface area contributed by atoms with E-state index in [2.05, 4.69) is 21.8 Å². The van der Waals surface area contributed by atoms with E-state index in [4.69, 9.17) is 0 Å². The summed E-state index contributed by atoms with van der Waals surface area (Å²) in [4.78, 5) is 30.4. The molecule has 2 fully saturated rings. The van der Waals surface area contributed by atoms with Crippen LogP contribution in [-0.2, 0) is 22.6 Å². The fourth-order valence-electron chi connectivity index (χ4n) is 3.61. The van der Waals surface area contributed by atoms with Crippen LogP contribution in [0.15, 0.2) is 12.4 Å². The Morgan fingerprint density at radius 1 is 1.32 bits per heavy atom. The van der Waals surface area contributed by atoms with Crippen LogP contribution in [0.25, 0.3) is 0 Å². The lowest BCUT2D eigenvalue weighted by molar-refractivity contribution is -0.131. The largest absolute Gasteiger partial charge is 0.355 e. The molecular formula is C19H30N4O2. The van der Waals surface area contributed by atoms with Gasteiger partial charge in [-0.1, -0.05) is 13.3 Å². The van der Waals surface area contributed by atoms with Gasteiger partial charge in [-0.25, -0.2) is 4.98 Å². The molecule has 1 aliphatic heterocycles. The SMILES string of the molecule is CCc1nccn1CC1(CNC(=O)CCN2CCCCCC2=O)CC1. The maximum atomic E-state index is 12.2. The van der Waals surface area contributed by atoms with Crippen LogP contribution < -0.4 is 5.32 Å². The third-order valence-electron chi connectivity index (χ3n) is 5.52. The molecule has 1 saturated heterocycles. The first-order chi connectivity index (χ1) is 12.1. The maximum absolute atomic E-state index is 12.2. The Balaban J connectivity index is 1.42. The lowest BCUT2D eigenvalue weighted by Crippen LogP contribution is -2.37. The van der Waals surface area contributed by atoms with Gasteiger partial charge in [0.15, 0.2) is 0 Å². The van der Waals surface area contributed by atoms with E-state index in [9.17, 15) is 9.59 Å². The zero-order valence-electron chi connectivity index (χ0n) is 15.3. The normalized spacial score (nSPS) is 19.6. The van der Waals surface area contributed by atoms with E-state index in [0.29, 0.717) is 19.4 Å². The highest BCUT2D eigenvalue weighted by Gasteiger charge is 2.43. The number of likely N-dealkylation sites (tertiary alicyclic amines) is 1. The number of rotatable bonds is 8. The highest BCUT2D eigenvalue weighted by atomic mass is 16.2. The van der Waals surface area contributed by atoms with Gasteiger partial charge in [-0.15, -0.1) is 0 Å². The number of hydrogen-bond donors (Lipinski definition) is 1. The number of aryl methyl sites for hydroxylation is 1. The summed E-state index contributed by atoms with van der Waals surface area (Å²) in [5.74, 6) is 1.37. The predicted molar refractivity (Wildman–Crippen MR) is 95.9 cm³/mol. The Hall–Kier alpha value is -1.85. The lowest BCUT2D eigenvalue weighted by Gasteiger charge is -2.21. The Kier molecular flexibility index (Phi) is 5.76. The number of aromatic nitrogens is 2. The Bertz CT molecular complexity index is 606. The minimum absolute atomic E-state index is 0.0599. The molecule has 3 rings (SSSR count). The summed E-state index contributed by atoms with van der Waals surface area (Å²) in [6.45, 7) is 5.13. The van der Waals surface area contributed by atoms with Gasteiger partial charge in [0.05, 0.1) is 0 Å². The summed E-state index contributed by atoms with van der Waals surface area (Å²) in [5, 5.41) is 3.09. The third-order valence-corrected chi connectivity index (χ3v) is 5.52. The number of carbonyl (C=O) groups is 2. The Morgan fingerprint density at radius 2 is 2.16 bits per heavy atom. The highest BCUT2D eigenvalue weighted by Crippen LogP contribution is 2.46. The third kappa shape index (κ3) is 4.83. The van der Waals surface area contributed by atoms with Crippen molar-refractivity contribution in [2.24, 2.45) is 5.41 Å². The van der Waals surface area contributed by atoms with Crippen LogP contribution in [0.3, 0.4) is 0 Å². The quantitative estimate of drug-likeness (QED) is 0.784. The standard InChI is InChI=1S/C19H30N4O2/c1-2-16-20-10-13-23(16)15-19(8-9-19)14-21-17(24)7-12-22-11-5-3-4-6-18(22)25/h10,13H,2-9,11-12,14-15H2,1H3,(H,21,24). The van der Waals surface area contributed by atoms with Gasteiger partial charge < -0.3 is 14.8 Å². The maximum Gasteiger partial charge on any atom is 0.222 e. The van der Waals surface area contributed by atoms with E-state index in [0.717, 1.165) is 64.0 Å². The Labute approximate surface area is 150 Å². The van der Waals surface area contributed by atoms with Crippen LogP contribution in [0.2, 0.25) is 0 Å². The summed E-state index contributed by atoms with van der Waals surface area (Å²) in [6, 6.07) is 0. The average molecular weight is 346 g/mol. The molecule has 1 aromatic rings. The summed E-state index contributed by atoms with van der Waals surface area (Å²) < 4.78 is 2.22. The molecule has 138 valence electrons. The fourth-order valence-corrected chi connectivity index (χ4v) is 3.61. The number of nitrogens with zero attached hydrogens (tertiary/aromatic N) is 3. The molecule has 1 saturated carbocycles. The van der Waals surface area contributed by atoms with Gasteiger partial charge in [-0.3, -0.25) is 9.59 Å². The van der Waals surface area contributed by atoms with Crippen molar-refractivity contribution in [2.75, 3.05) is 19.6 Å². The summed E-state index contributed by atoms with van der Waals surface area (Å²) in [5.41, 5.74) is 0.193. The van der Waals surface area contributed by atoms with E-state index in [1.54, 1.807) is 0 Å². The molecule has 2 heterocycles. The van der Waals surface area contributed by atoms with E-state index < -0.39 is 0 Å². The van der Waals surface area contributed by atoms with E-state index >= 15 is 0 Å². The minimum Gasteiger partial charge on any atom is -0.355 e. The summed E-state index contributed by atoms with van der Waals surface area (Å²) in [6.07, 6.45) is 11.3. The first-order valence-electron chi connectivity index (χ1n) is 9.66. The number of hydrogen-bond acceptors (Lipinski definition) is 3. The van der Waals surface area contributed by atoms with Crippen molar-refractivity contribution in [1.29, 1.82) is 0 Å². The van der Waals surface area contributed by atoms with Gasteiger partial charge in [0.25, 0.3) is 0 Å². The van der Waals surface area contributed by atoms with E-state index in [1.165, 1.54) is 0 Å². The second-order valence-corrected chi connectivity index (χ2v) is 7.54. The van der Waals surface area contributed by atoms with Crippen LogP contribution in [0.4, 0.5) is 0 Å². The zero-order valence-corrected chi connectivity index (χ0v) is 15.3. The molecule has 1 aliphatic carbocycles. The highest BCUT2D eigenvalue weighted by molar-refractivity contribution is 5.79. The van der Waals surface area contributed by atoms with Gasteiger partial charge in [0.1, 0.15) is 5.82 Å². The average Bonchev–Trinajstić information content (AvgIpc) is 3.28. The second-order valence-electron chi connectivity index (χ2n) is 7.54. The van der Waals surface area contributed by atoms with Crippen molar-refractivity contribution in [3.8, 4) is 0 Å². The van der Waals surface area contributed by atoms with Crippen molar-refractivity contribution < 1.29 is 9.59 Å². The van der Waals surface area contributed by atoms with Crippen molar-refractivity contribution in [3.05, 3.63) is 18.2 Å². The van der Waals surface area contributed by atoms with E-state index in [1.807, 2.05) is 17.3 Å². The van der Waals surface area contributed by atoms with Crippen molar-refractivity contribution in [2.45, 2.75) is 64.8 Å². The number of imidazole rings is 1. The van der Waals surface area contributed by atoms with Gasteiger partial charge in [-0.2, -0.15) is 0 Å². The molecule has 6 heteroatoms. The molecule has 25 heavy (non-hydrogen) atoms. The van der Waals surface area contributed by atoms with Crippen LogP contribution in [-0.4, -0.2) is 45.9 Å². The number of amides is 2. The smallest absolute Gasteiger partial charge is 0.222 e. The molecule has 1 N–H and O–H groups in total. The van der Waals surface area contributed by atoms with Gasteiger partial charge in [0, 0.05) is 63.3 Å². The number of carbonyl (C=O) groups excluding carboxylic acids is 2. The monoisotopic (exact) mass is 346 g/mol. The van der Waals surface area contributed by atoms with Crippen molar-refractivity contribution in [3.63, 3.8) is 0 Å². The molecule has 0 atom stereocenters. The second kappa shape index (κ2) is 8.02. The predicted octanol–water partition coefficient (Wildman–Crippen LogP) is 2.13. The molecule has 0 spiro atoms. The zero-order chi connectivity index (χ0) is 17.7. The number of nitrogens with one attached hydrogen (secondary N) is 1. The van der Waals surface area contributed by atoms with Crippen LogP contribution >= 0.6 is 0 Å². The van der Waals surface area contributed by atoms with Crippen molar-refractivity contribution in [1.82, 2.24) is 19.8 Å². The molecule has 0 bridgehead atoms. The molecule has 0 unspecified atom stereocenters. The van der Waals surface area contributed by atoms with Crippen LogP contribution in [0, 0.1) is 5.41 Å². The Morgan fingerprint density at radius 3 is 2.92 bits per heavy atom. The first kappa shape index (κ1) is 18.0.